The molecule has 3 nitrogen and oxygen atoms in total. The number of alkyl halides is 3. The predicted molar refractivity (Wildman–Crippen MR) is 48.5 cm³/mol. The van der Waals surface area contributed by atoms with Gasteiger partial charge in [0.1, 0.15) is 18.4 Å². The third kappa shape index (κ3) is 3.64. The Kier molecular flexibility index (Phi) is 3.37. The van der Waals surface area contributed by atoms with E-state index in [1.165, 1.54) is 6.07 Å². The van der Waals surface area contributed by atoms with Crippen LogP contribution in [0.1, 0.15) is 5.56 Å². The van der Waals surface area contributed by atoms with Crippen LogP contribution >= 0.6 is 11.6 Å². The Morgan fingerprint density at radius 3 is 2.67 bits per heavy atom. The molecule has 0 unspecified atom stereocenters. The Morgan fingerprint density at radius 1 is 1.53 bits per heavy atom. The van der Waals surface area contributed by atoms with Gasteiger partial charge in [-0.25, -0.2) is 4.98 Å². The van der Waals surface area contributed by atoms with Crippen LogP contribution in [-0.2, 0) is 0 Å². The first kappa shape index (κ1) is 11.6. The van der Waals surface area contributed by atoms with Crippen molar-refractivity contribution in [3.63, 3.8) is 0 Å². The molecular weight excluding hydrogens is 231 g/mol. The normalized spacial score (nSPS) is 10.9. The summed E-state index contributed by atoms with van der Waals surface area (Å²) in [7, 11) is 0. The van der Waals surface area contributed by atoms with Crippen LogP contribution in [-0.4, -0.2) is 17.7 Å². The molecule has 0 bridgehead atoms. The van der Waals surface area contributed by atoms with Crippen molar-refractivity contribution in [2.75, 3.05) is 11.9 Å². The van der Waals surface area contributed by atoms with Gasteiger partial charge >= 0.3 is 6.18 Å². The first-order valence-corrected chi connectivity index (χ1v) is 4.16. The van der Waals surface area contributed by atoms with Crippen LogP contribution in [0, 0.1) is 11.3 Å². The van der Waals surface area contributed by atoms with Crippen molar-refractivity contribution in [2.24, 2.45) is 0 Å². The molecule has 0 aromatic carbocycles. The number of hydrogen-bond donors (Lipinski definition) is 1. The number of pyridine rings is 1. The molecule has 0 saturated heterocycles. The number of halogens is 4. The minimum atomic E-state index is -4.33. The summed E-state index contributed by atoms with van der Waals surface area (Å²) in [5.41, 5.74) is 0.192. The van der Waals surface area contributed by atoms with E-state index in [2.05, 4.69) is 4.98 Å². The molecule has 0 aliphatic rings. The molecule has 0 amide bonds. The van der Waals surface area contributed by atoms with Gasteiger partial charge in [0.05, 0.1) is 10.6 Å². The van der Waals surface area contributed by atoms with E-state index in [9.17, 15) is 13.2 Å². The van der Waals surface area contributed by atoms with Crippen molar-refractivity contribution in [1.82, 2.24) is 4.98 Å². The first-order valence-electron chi connectivity index (χ1n) is 3.78. The summed E-state index contributed by atoms with van der Waals surface area (Å²) in [6, 6.07) is 3.01. The third-order valence-electron chi connectivity index (χ3n) is 1.43. The Bertz CT molecular complexity index is 397. The number of rotatable bonds is 2. The Hall–Kier alpha value is -1.48. The van der Waals surface area contributed by atoms with E-state index in [1.807, 2.05) is 5.32 Å². The lowest BCUT2D eigenvalue weighted by Crippen LogP contribution is -2.21. The highest BCUT2D eigenvalue weighted by Gasteiger charge is 2.27. The molecule has 0 atom stereocenters. The standard InChI is InChI=1S/C8H5ClF3N3/c9-6-1-5(2-13)3-14-7(6)15-4-8(10,11)12/h1,3H,4H2,(H,14,15). The average Bonchev–Trinajstić information content (AvgIpc) is 2.14. The highest BCUT2D eigenvalue weighted by Crippen LogP contribution is 2.22. The zero-order valence-electron chi connectivity index (χ0n) is 7.27. The monoisotopic (exact) mass is 235 g/mol. The number of aromatic nitrogens is 1. The fraction of sp³-hybridized carbons (Fsp3) is 0.250. The molecule has 7 heteroatoms. The number of nitrogens with zero attached hydrogens (tertiary/aromatic N) is 2. The SMILES string of the molecule is N#Cc1cnc(NCC(F)(F)F)c(Cl)c1. The van der Waals surface area contributed by atoms with E-state index in [4.69, 9.17) is 16.9 Å². The smallest absolute Gasteiger partial charge is 0.360 e. The molecule has 1 rings (SSSR count). The van der Waals surface area contributed by atoms with Crippen molar-refractivity contribution < 1.29 is 13.2 Å². The lowest BCUT2D eigenvalue weighted by Gasteiger charge is -2.09. The second kappa shape index (κ2) is 4.36. The van der Waals surface area contributed by atoms with Crippen LogP contribution < -0.4 is 5.32 Å². The highest BCUT2D eigenvalue weighted by molar-refractivity contribution is 6.33. The summed E-state index contributed by atoms with van der Waals surface area (Å²) in [5, 5.41) is 10.5. The van der Waals surface area contributed by atoms with Gasteiger partial charge in [0.25, 0.3) is 0 Å². The van der Waals surface area contributed by atoms with E-state index in [0.717, 1.165) is 6.20 Å². The fourth-order valence-corrected chi connectivity index (χ4v) is 1.05. The lowest BCUT2D eigenvalue weighted by atomic mass is 10.3. The molecule has 1 aromatic rings. The summed E-state index contributed by atoms with van der Waals surface area (Å²) >= 11 is 5.59. The van der Waals surface area contributed by atoms with Crippen molar-refractivity contribution in [1.29, 1.82) is 5.26 Å². The van der Waals surface area contributed by atoms with Crippen LogP contribution in [0.2, 0.25) is 5.02 Å². The molecule has 80 valence electrons. The van der Waals surface area contributed by atoms with Crippen molar-refractivity contribution in [3.05, 3.63) is 22.8 Å². The Balaban J connectivity index is 2.76. The molecule has 0 aliphatic carbocycles. The zero-order valence-corrected chi connectivity index (χ0v) is 8.02. The number of hydrogen-bond acceptors (Lipinski definition) is 3. The first-order chi connectivity index (χ1) is 6.92. The maximum atomic E-state index is 11.8. The lowest BCUT2D eigenvalue weighted by molar-refractivity contribution is -0.115. The van der Waals surface area contributed by atoms with Gasteiger partial charge < -0.3 is 5.32 Å². The summed E-state index contributed by atoms with van der Waals surface area (Å²) < 4.78 is 35.5. The highest BCUT2D eigenvalue weighted by atomic mass is 35.5. The van der Waals surface area contributed by atoms with Gasteiger partial charge in [-0.2, -0.15) is 18.4 Å². The van der Waals surface area contributed by atoms with Crippen molar-refractivity contribution in [2.45, 2.75) is 6.18 Å². The Morgan fingerprint density at radius 2 is 2.20 bits per heavy atom. The van der Waals surface area contributed by atoms with Gasteiger partial charge in [-0.3, -0.25) is 0 Å². The van der Waals surface area contributed by atoms with Gasteiger partial charge in [-0.1, -0.05) is 11.6 Å². The minimum absolute atomic E-state index is 0.0155. The summed E-state index contributed by atoms with van der Waals surface area (Å²) in [4.78, 5) is 3.59. The molecule has 0 radical (unpaired) electrons. The van der Waals surface area contributed by atoms with Gasteiger partial charge in [0.15, 0.2) is 0 Å². The van der Waals surface area contributed by atoms with Crippen molar-refractivity contribution >= 4 is 17.4 Å². The van der Waals surface area contributed by atoms with Crippen LogP contribution in [0.5, 0.6) is 0 Å². The largest absolute Gasteiger partial charge is 0.405 e. The van der Waals surface area contributed by atoms with Crippen molar-refractivity contribution in [3.8, 4) is 6.07 Å². The quantitative estimate of drug-likeness (QED) is 0.857. The van der Waals surface area contributed by atoms with Gasteiger partial charge in [0.2, 0.25) is 0 Å². The second-order valence-electron chi connectivity index (χ2n) is 2.63. The number of nitriles is 1. The Labute approximate surface area is 88.5 Å². The second-order valence-corrected chi connectivity index (χ2v) is 3.04. The molecule has 0 saturated carbocycles. The van der Waals surface area contributed by atoms with Gasteiger partial charge in [-0.05, 0) is 6.07 Å². The summed E-state index contributed by atoms with van der Waals surface area (Å²) in [6.07, 6.45) is -3.19. The average molecular weight is 236 g/mol. The minimum Gasteiger partial charge on any atom is -0.360 e. The third-order valence-corrected chi connectivity index (χ3v) is 1.71. The maximum absolute atomic E-state index is 11.8. The molecule has 15 heavy (non-hydrogen) atoms. The molecule has 0 aliphatic heterocycles. The fourth-order valence-electron chi connectivity index (χ4n) is 0.813. The maximum Gasteiger partial charge on any atom is 0.405 e. The van der Waals surface area contributed by atoms with E-state index in [1.54, 1.807) is 6.07 Å². The molecule has 1 N–H and O–H groups in total. The molecular formula is C8H5ClF3N3. The van der Waals surface area contributed by atoms with E-state index in [0.29, 0.717) is 0 Å². The zero-order chi connectivity index (χ0) is 11.5. The predicted octanol–water partition coefficient (Wildman–Crippen LogP) is 2.58. The van der Waals surface area contributed by atoms with E-state index in [-0.39, 0.29) is 16.4 Å². The van der Waals surface area contributed by atoms with Crippen LogP contribution in [0.3, 0.4) is 0 Å². The molecule has 1 aromatic heterocycles. The van der Waals surface area contributed by atoms with Gasteiger partial charge in [0, 0.05) is 6.20 Å². The van der Waals surface area contributed by atoms with Gasteiger partial charge in [-0.15, -0.1) is 0 Å². The summed E-state index contributed by atoms with van der Waals surface area (Å²) in [5.74, 6) is -0.0898. The van der Waals surface area contributed by atoms with E-state index < -0.39 is 12.7 Å². The van der Waals surface area contributed by atoms with Crippen LogP contribution in [0.25, 0.3) is 0 Å². The number of anilines is 1. The number of nitrogens with one attached hydrogen (secondary N) is 1. The molecule has 1 heterocycles. The summed E-state index contributed by atoms with van der Waals surface area (Å²) in [6.45, 7) is -1.22. The topological polar surface area (TPSA) is 48.7 Å². The molecule has 0 fully saturated rings. The molecule has 0 spiro atoms. The van der Waals surface area contributed by atoms with E-state index >= 15 is 0 Å². The van der Waals surface area contributed by atoms with Crippen LogP contribution in [0.4, 0.5) is 19.0 Å². The van der Waals surface area contributed by atoms with Crippen LogP contribution in [0.15, 0.2) is 12.3 Å².